The minimum absolute atomic E-state index is 0.178. The maximum absolute atomic E-state index is 14.1. The Balaban J connectivity index is 1.38. The molecule has 3 heterocycles. The Morgan fingerprint density at radius 1 is 0.903 bits per heavy atom. The highest BCUT2D eigenvalue weighted by Crippen LogP contribution is 2.24. The fourth-order valence-corrected chi connectivity index (χ4v) is 4.19. The van der Waals surface area contributed by atoms with Crippen molar-refractivity contribution in [2.45, 2.75) is 6.67 Å². The normalized spacial score (nSPS) is 14.8. The van der Waals surface area contributed by atoms with Crippen LogP contribution in [0.1, 0.15) is 0 Å². The first-order chi connectivity index (χ1) is 15.2. The molecule has 0 radical (unpaired) electrons. The first-order valence-electron chi connectivity index (χ1n) is 10.2. The molecule has 1 fully saturated rings. The molecule has 2 aromatic heterocycles. The predicted octanol–water partition coefficient (Wildman–Crippen LogP) is 4.58. The van der Waals surface area contributed by atoms with Gasteiger partial charge in [0.05, 0.1) is 24.3 Å². The number of rotatable bonds is 5. The fraction of sp³-hybridized carbons (Fsp3) is 0.217. The van der Waals surface area contributed by atoms with Crippen molar-refractivity contribution < 1.29 is 8.81 Å². The monoisotopic (exact) mass is 435 g/mol. The van der Waals surface area contributed by atoms with Gasteiger partial charge in [-0.1, -0.05) is 30.3 Å². The lowest BCUT2D eigenvalue weighted by molar-refractivity contribution is 0.194. The maximum Gasteiger partial charge on any atom is 0.204 e. The van der Waals surface area contributed by atoms with Gasteiger partial charge in [0, 0.05) is 26.2 Å². The lowest BCUT2D eigenvalue weighted by Gasteiger charge is -2.35. The van der Waals surface area contributed by atoms with Crippen LogP contribution in [0.15, 0.2) is 77.4 Å². The second kappa shape index (κ2) is 8.49. The van der Waals surface area contributed by atoms with Crippen LogP contribution in [0.4, 0.5) is 10.1 Å². The molecule has 0 atom stereocenters. The number of hydrogen-bond donors (Lipinski definition) is 0. The van der Waals surface area contributed by atoms with Crippen LogP contribution in [0, 0.1) is 10.6 Å². The second-order valence-corrected chi connectivity index (χ2v) is 7.82. The number of nitrogens with zero attached hydrogens (tertiary/aromatic N) is 5. The topological polar surface area (TPSA) is 42.4 Å². The molecule has 1 saturated heterocycles. The van der Waals surface area contributed by atoms with Crippen molar-refractivity contribution in [2.24, 2.45) is 0 Å². The molecule has 1 aliphatic heterocycles. The van der Waals surface area contributed by atoms with Gasteiger partial charge in [0.15, 0.2) is 5.76 Å². The highest BCUT2D eigenvalue weighted by molar-refractivity contribution is 7.71. The molecule has 0 aliphatic carbocycles. The van der Waals surface area contributed by atoms with Crippen molar-refractivity contribution in [3.63, 3.8) is 0 Å². The number of piperazine rings is 1. The number of aromatic nitrogens is 3. The average molecular weight is 436 g/mol. The molecule has 158 valence electrons. The maximum atomic E-state index is 14.1. The molecule has 2 aromatic carbocycles. The number of hydrogen-bond acceptors (Lipinski definition) is 5. The Labute approximate surface area is 184 Å². The number of anilines is 1. The van der Waals surface area contributed by atoms with Gasteiger partial charge in [-0.15, -0.1) is 5.10 Å². The van der Waals surface area contributed by atoms with E-state index in [1.54, 1.807) is 12.3 Å². The molecule has 8 heteroatoms. The van der Waals surface area contributed by atoms with E-state index < -0.39 is 0 Å². The highest BCUT2D eigenvalue weighted by Gasteiger charge is 2.22. The van der Waals surface area contributed by atoms with Gasteiger partial charge >= 0.3 is 0 Å². The van der Waals surface area contributed by atoms with E-state index in [1.165, 1.54) is 6.07 Å². The lowest BCUT2D eigenvalue weighted by atomic mass is 10.2. The van der Waals surface area contributed by atoms with Gasteiger partial charge in [-0.3, -0.25) is 9.47 Å². The summed E-state index contributed by atoms with van der Waals surface area (Å²) in [6, 6.07) is 20.6. The van der Waals surface area contributed by atoms with Gasteiger partial charge in [0.1, 0.15) is 5.82 Å². The summed E-state index contributed by atoms with van der Waals surface area (Å²) in [7, 11) is 0. The molecule has 0 unspecified atom stereocenters. The summed E-state index contributed by atoms with van der Waals surface area (Å²) in [4.78, 5) is 4.36. The van der Waals surface area contributed by atoms with E-state index in [-0.39, 0.29) is 5.82 Å². The van der Waals surface area contributed by atoms with E-state index in [4.69, 9.17) is 21.7 Å². The summed E-state index contributed by atoms with van der Waals surface area (Å²) in [5, 5.41) is 4.78. The quantitative estimate of drug-likeness (QED) is 0.429. The first-order valence-corrected chi connectivity index (χ1v) is 10.6. The zero-order chi connectivity index (χ0) is 21.2. The van der Waals surface area contributed by atoms with Gasteiger partial charge in [-0.05, 0) is 48.6 Å². The van der Waals surface area contributed by atoms with Crippen molar-refractivity contribution in [1.29, 1.82) is 0 Å². The number of para-hydroxylation sites is 2. The lowest BCUT2D eigenvalue weighted by Crippen LogP contribution is -2.47. The molecule has 1 aliphatic rings. The minimum atomic E-state index is -0.178. The number of halogens is 1. The molecule has 5 rings (SSSR count). The minimum Gasteiger partial charge on any atom is -0.461 e. The second-order valence-electron chi connectivity index (χ2n) is 7.45. The molecule has 6 nitrogen and oxygen atoms in total. The van der Waals surface area contributed by atoms with Crippen molar-refractivity contribution in [3.05, 3.63) is 83.6 Å². The van der Waals surface area contributed by atoms with Crippen molar-refractivity contribution in [2.75, 3.05) is 31.1 Å². The smallest absolute Gasteiger partial charge is 0.204 e. The SMILES string of the molecule is Fc1ccccc1N1CCN(Cn2nc(-c3ccco3)n(-c3ccccc3)c2=S)CC1. The Bertz CT molecular complexity index is 1210. The molecule has 0 amide bonds. The van der Waals surface area contributed by atoms with Gasteiger partial charge in [0.25, 0.3) is 0 Å². The summed E-state index contributed by atoms with van der Waals surface area (Å²) in [6.07, 6.45) is 1.63. The third kappa shape index (κ3) is 3.92. The molecule has 0 bridgehead atoms. The van der Waals surface area contributed by atoms with E-state index in [0.29, 0.717) is 28.7 Å². The first kappa shape index (κ1) is 19.7. The van der Waals surface area contributed by atoms with Gasteiger partial charge in [0.2, 0.25) is 10.6 Å². The summed E-state index contributed by atoms with van der Waals surface area (Å²) < 4.78 is 24.1. The van der Waals surface area contributed by atoms with Gasteiger partial charge in [-0.25, -0.2) is 9.07 Å². The Kier molecular flexibility index (Phi) is 5.40. The molecular formula is C23H22FN5OS. The van der Waals surface area contributed by atoms with E-state index in [9.17, 15) is 4.39 Å². The zero-order valence-electron chi connectivity index (χ0n) is 16.9. The Morgan fingerprint density at radius 3 is 2.35 bits per heavy atom. The molecule has 31 heavy (non-hydrogen) atoms. The highest BCUT2D eigenvalue weighted by atomic mass is 32.1. The van der Waals surface area contributed by atoms with Crippen molar-refractivity contribution in [3.8, 4) is 17.3 Å². The van der Waals surface area contributed by atoms with E-state index in [1.807, 2.05) is 63.8 Å². The van der Waals surface area contributed by atoms with E-state index >= 15 is 0 Å². The number of benzene rings is 2. The molecule has 0 spiro atoms. The van der Waals surface area contributed by atoms with Crippen LogP contribution in [0.5, 0.6) is 0 Å². The van der Waals surface area contributed by atoms with Crippen molar-refractivity contribution >= 4 is 17.9 Å². The molecule has 0 saturated carbocycles. The van der Waals surface area contributed by atoms with Crippen LogP contribution in [0.25, 0.3) is 17.3 Å². The van der Waals surface area contributed by atoms with Crippen molar-refractivity contribution in [1.82, 2.24) is 19.2 Å². The van der Waals surface area contributed by atoms with Gasteiger partial charge in [-0.2, -0.15) is 0 Å². The standard InChI is InChI=1S/C23H22FN5OS/c24-19-9-4-5-10-20(19)27-14-12-26(13-15-27)17-28-23(31)29(18-7-2-1-3-8-18)22(25-28)21-11-6-16-30-21/h1-11,16H,12-15,17H2. The van der Waals surface area contributed by atoms with Crippen LogP contribution >= 0.6 is 12.2 Å². The third-order valence-corrected chi connectivity index (χ3v) is 5.89. The number of furan rings is 1. The fourth-order valence-electron chi connectivity index (χ4n) is 3.90. The van der Waals surface area contributed by atoms with E-state index in [2.05, 4.69) is 9.80 Å². The molecule has 0 N–H and O–H groups in total. The van der Waals surface area contributed by atoms with Crippen LogP contribution in [0.3, 0.4) is 0 Å². The third-order valence-electron chi connectivity index (χ3n) is 5.49. The Hall–Kier alpha value is -3.23. The largest absolute Gasteiger partial charge is 0.461 e. The Morgan fingerprint density at radius 2 is 1.65 bits per heavy atom. The van der Waals surface area contributed by atoms with Crippen LogP contribution in [-0.4, -0.2) is 45.4 Å². The summed E-state index contributed by atoms with van der Waals surface area (Å²) >= 11 is 5.79. The average Bonchev–Trinajstić information content (AvgIpc) is 3.44. The van der Waals surface area contributed by atoms with Crippen LogP contribution in [-0.2, 0) is 6.67 Å². The van der Waals surface area contributed by atoms with Crippen LogP contribution < -0.4 is 4.90 Å². The summed E-state index contributed by atoms with van der Waals surface area (Å²) in [6.45, 7) is 3.66. The van der Waals surface area contributed by atoms with E-state index in [0.717, 1.165) is 31.9 Å². The summed E-state index contributed by atoms with van der Waals surface area (Å²) in [5.41, 5.74) is 1.60. The zero-order valence-corrected chi connectivity index (χ0v) is 17.7. The van der Waals surface area contributed by atoms with Gasteiger partial charge < -0.3 is 9.32 Å². The molecule has 4 aromatic rings. The summed E-state index contributed by atoms with van der Waals surface area (Å²) in [5.74, 6) is 1.16. The predicted molar refractivity (Wildman–Crippen MR) is 120 cm³/mol. The van der Waals surface area contributed by atoms with Crippen LogP contribution in [0.2, 0.25) is 0 Å². The molecular weight excluding hydrogens is 413 g/mol.